The molecule has 8 nitrogen and oxygen atoms in total. The van der Waals surface area contributed by atoms with Gasteiger partial charge in [0, 0.05) is 17.1 Å². The van der Waals surface area contributed by atoms with Gasteiger partial charge in [-0.15, -0.1) is 0 Å². The van der Waals surface area contributed by atoms with E-state index < -0.39 is 35.9 Å². The Morgan fingerprint density at radius 1 is 1.19 bits per heavy atom. The van der Waals surface area contributed by atoms with Crippen LogP contribution in [0.3, 0.4) is 0 Å². The standard InChI is InChI=1S/C22H32N4O4S/c1-4-13(2)19(21(28)25-18(22(29)30)9-10-31-3)26-20(27)16(23)11-14-12-24-17-8-6-5-7-15(14)17/h5-8,12-13,16,18-19,24H,4,9-11,23H2,1-3H3,(H,25,28)(H,26,27)(H,29,30). The first-order valence-corrected chi connectivity index (χ1v) is 11.8. The summed E-state index contributed by atoms with van der Waals surface area (Å²) in [7, 11) is 0. The van der Waals surface area contributed by atoms with Crippen LogP contribution in [0.2, 0.25) is 0 Å². The summed E-state index contributed by atoms with van der Waals surface area (Å²) in [4.78, 5) is 40.3. The van der Waals surface area contributed by atoms with E-state index in [4.69, 9.17) is 5.73 Å². The van der Waals surface area contributed by atoms with Gasteiger partial charge in [-0.2, -0.15) is 11.8 Å². The number of nitrogens with one attached hydrogen (secondary N) is 3. The lowest BCUT2D eigenvalue weighted by atomic mass is 9.96. The van der Waals surface area contributed by atoms with E-state index in [0.717, 1.165) is 16.5 Å². The maximum atomic E-state index is 12.8. The van der Waals surface area contributed by atoms with Crippen molar-refractivity contribution in [3.63, 3.8) is 0 Å². The number of H-pyrrole nitrogens is 1. The van der Waals surface area contributed by atoms with E-state index in [-0.39, 0.29) is 5.92 Å². The Bertz CT molecular complexity index is 901. The molecule has 1 aromatic carbocycles. The summed E-state index contributed by atoms with van der Waals surface area (Å²) in [6.07, 6.45) is 4.97. The Balaban J connectivity index is 2.07. The normalized spacial score (nSPS) is 15.1. The number of aromatic amines is 1. The molecular weight excluding hydrogens is 416 g/mol. The number of benzene rings is 1. The molecule has 0 spiro atoms. The van der Waals surface area contributed by atoms with Crippen LogP contribution in [0.1, 0.15) is 32.3 Å². The summed E-state index contributed by atoms with van der Waals surface area (Å²) in [5.41, 5.74) is 8.04. The number of rotatable bonds is 12. The SMILES string of the molecule is CCC(C)C(NC(=O)C(N)Cc1c[nH]c2ccccc12)C(=O)NC(CCSC)C(=O)O. The van der Waals surface area contributed by atoms with Crippen molar-refractivity contribution in [3.05, 3.63) is 36.0 Å². The number of carbonyl (C=O) groups excluding carboxylic acids is 2. The molecule has 0 aliphatic rings. The van der Waals surface area contributed by atoms with Gasteiger partial charge in [0.05, 0.1) is 6.04 Å². The van der Waals surface area contributed by atoms with Crippen LogP contribution in [0.15, 0.2) is 30.5 Å². The summed E-state index contributed by atoms with van der Waals surface area (Å²) < 4.78 is 0. The molecule has 0 fully saturated rings. The molecule has 2 rings (SSSR count). The maximum absolute atomic E-state index is 12.8. The van der Waals surface area contributed by atoms with Crippen LogP contribution in [0.4, 0.5) is 0 Å². The fraction of sp³-hybridized carbons (Fsp3) is 0.500. The van der Waals surface area contributed by atoms with Crippen molar-refractivity contribution in [3.8, 4) is 0 Å². The molecule has 4 atom stereocenters. The lowest BCUT2D eigenvalue weighted by Gasteiger charge is -2.26. The first-order valence-electron chi connectivity index (χ1n) is 10.4. The van der Waals surface area contributed by atoms with E-state index in [1.165, 1.54) is 11.8 Å². The summed E-state index contributed by atoms with van der Waals surface area (Å²) in [6, 6.07) is 5.06. The summed E-state index contributed by atoms with van der Waals surface area (Å²) >= 11 is 1.51. The van der Waals surface area contributed by atoms with Gasteiger partial charge in [0.2, 0.25) is 11.8 Å². The lowest BCUT2D eigenvalue weighted by Crippen LogP contribution is -2.57. The number of nitrogens with two attached hydrogens (primary N) is 1. The van der Waals surface area contributed by atoms with Crippen molar-refractivity contribution in [1.82, 2.24) is 15.6 Å². The van der Waals surface area contributed by atoms with Crippen LogP contribution in [-0.2, 0) is 20.8 Å². The highest BCUT2D eigenvalue weighted by Crippen LogP contribution is 2.19. The van der Waals surface area contributed by atoms with Crippen molar-refractivity contribution in [2.75, 3.05) is 12.0 Å². The number of fused-ring (bicyclic) bond motifs is 1. The molecule has 0 saturated heterocycles. The minimum absolute atomic E-state index is 0.181. The molecule has 1 aromatic heterocycles. The molecule has 31 heavy (non-hydrogen) atoms. The third-order valence-electron chi connectivity index (χ3n) is 5.47. The predicted molar refractivity (Wildman–Crippen MR) is 124 cm³/mol. The second-order valence-electron chi connectivity index (χ2n) is 7.72. The predicted octanol–water partition coefficient (Wildman–Crippen LogP) is 1.89. The Morgan fingerprint density at radius 2 is 1.90 bits per heavy atom. The summed E-state index contributed by atoms with van der Waals surface area (Å²) in [5, 5.41) is 15.7. The minimum atomic E-state index is -1.09. The van der Waals surface area contributed by atoms with Gasteiger partial charge in [-0.3, -0.25) is 9.59 Å². The number of aromatic nitrogens is 1. The first-order chi connectivity index (χ1) is 14.8. The van der Waals surface area contributed by atoms with Crippen molar-refractivity contribution in [1.29, 1.82) is 0 Å². The molecule has 1 heterocycles. The van der Waals surface area contributed by atoms with Gasteiger partial charge in [0.1, 0.15) is 12.1 Å². The number of aliphatic carboxylic acids is 1. The highest BCUT2D eigenvalue weighted by Gasteiger charge is 2.31. The minimum Gasteiger partial charge on any atom is -0.480 e. The summed E-state index contributed by atoms with van der Waals surface area (Å²) in [5.74, 6) is -1.61. The lowest BCUT2D eigenvalue weighted by molar-refractivity contribution is -0.142. The fourth-order valence-corrected chi connectivity index (χ4v) is 3.82. The number of hydrogen-bond acceptors (Lipinski definition) is 5. The van der Waals surface area contributed by atoms with Gasteiger partial charge in [-0.05, 0) is 42.4 Å². The van der Waals surface area contributed by atoms with Crippen LogP contribution in [0.5, 0.6) is 0 Å². The monoisotopic (exact) mass is 448 g/mol. The molecule has 2 aromatic rings. The third kappa shape index (κ3) is 6.73. The Kier molecular flexibility index (Phi) is 9.39. The van der Waals surface area contributed by atoms with E-state index in [9.17, 15) is 19.5 Å². The Labute approximate surface area is 186 Å². The summed E-state index contributed by atoms with van der Waals surface area (Å²) in [6.45, 7) is 3.75. The van der Waals surface area contributed by atoms with Crippen LogP contribution >= 0.6 is 11.8 Å². The zero-order valence-corrected chi connectivity index (χ0v) is 19.0. The zero-order chi connectivity index (χ0) is 23.0. The highest BCUT2D eigenvalue weighted by atomic mass is 32.2. The largest absolute Gasteiger partial charge is 0.480 e. The van der Waals surface area contributed by atoms with Crippen LogP contribution in [-0.4, -0.2) is 58.0 Å². The number of carbonyl (C=O) groups is 3. The van der Waals surface area contributed by atoms with Gasteiger partial charge in [-0.25, -0.2) is 4.79 Å². The van der Waals surface area contributed by atoms with Crippen molar-refractivity contribution in [2.45, 2.75) is 51.2 Å². The van der Waals surface area contributed by atoms with E-state index >= 15 is 0 Å². The zero-order valence-electron chi connectivity index (χ0n) is 18.2. The average molecular weight is 449 g/mol. The van der Waals surface area contributed by atoms with Crippen LogP contribution in [0, 0.1) is 5.92 Å². The Hall–Kier alpha value is -2.52. The topological polar surface area (TPSA) is 137 Å². The van der Waals surface area contributed by atoms with Crippen LogP contribution in [0.25, 0.3) is 10.9 Å². The van der Waals surface area contributed by atoms with Gasteiger partial charge >= 0.3 is 5.97 Å². The van der Waals surface area contributed by atoms with Crippen molar-refractivity contribution >= 4 is 40.4 Å². The molecule has 0 aliphatic heterocycles. The number of carboxylic acid groups (broad SMARTS) is 1. The van der Waals surface area contributed by atoms with E-state index in [0.29, 0.717) is 25.0 Å². The van der Waals surface area contributed by atoms with Gasteiger partial charge in [0.25, 0.3) is 0 Å². The number of thioether (sulfide) groups is 1. The molecule has 0 bridgehead atoms. The molecule has 4 unspecified atom stereocenters. The molecule has 6 N–H and O–H groups in total. The second-order valence-corrected chi connectivity index (χ2v) is 8.71. The smallest absolute Gasteiger partial charge is 0.326 e. The fourth-order valence-electron chi connectivity index (χ4n) is 3.35. The number of hydrogen-bond donors (Lipinski definition) is 5. The van der Waals surface area contributed by atoms with Gasteiger partial charge in [-0.1, -0.05) is 38.5 Å². The molecule has 170 valence electrons. The highest BCUT2D eigenvalue weighted by molar-refractivity contribution is 7.98. The third-order valence-corrected chi connectivity index (χ3v) is 6.11. The number of carboxylic acids is 1. The maximum Gasteiger partial charge on any atom is 0.326 e. The Morgan fingerprint density at radius 3 is 2.55 bits per heavy atom. The van der Waals surface area contributed by atoms with Gasteiger partial charge < -0.3 is 26.5 Å². The second kappa shape index (κ2) is 11.8. The molecule has 0 aliphatic carbocycles. The van der Waals surface area contributed by atoms with Crippen molar-refractivity contribution < 1.29 is 19.5 Å². The van der Waals surface area contributed by atoms with Crippen molar-refractivity contribution in [2.24, 2.45) is 11.7 Å². The molecule has 9 heteroatoms. The average Bonchev–Trinajstić information content (AvgIpc) is 3.16. The molecule has 0 radical (unpaired) electrons. The number of amides is 2. The van der Waals surface area contributed by atoms with E-state index in [2.05, 4.69) is 15.6 Å². The molecule has 0 saturated carbocycles. The number of para-hydroxylation sites is 1. The first kappa shape index (κ1) is 24.7. The molecule has 2 amide bonds. The van der Waals surface area contributed by atoms with E-state index in [1.807, 2.05) is 50.6 Å². The molecular formula is C22H32N4O4S. The van der Waals surface area contributed by atoms with Crippen LogP contribution < -0.4 is 16.4 Å². The quantitative estimate of drug-likeness (QED) is 0.336. The van der Waals surface area contributed by atoms with E-state index in [1.54, 1.807) is 0 Å². The van der Waals surface area contributed by atoms with Gasteiger partial charge in [0.15, 0.2) is 0 Å².